The van der Waals surface area contributed by atoms with Crippen molar-refractivity contribution < 1.29 is 17.4 Å². The SMILES string of the molecule is CCS1(=O)=NC(=Nc2cc(C(F)(F)F)ncc2NC)c2ncc(Br)cc21. The van der Waals surface area contributed by atoms with Gasteiger partial charge >= 0.3 is 6.18 Å². The third-order valence-corrected chi connectivity index (χ3v) is 6.35. The molecule has 2 aromatic heterocycles. The maximum absolute atomic E-state index is 13.0. The Kier molecular flexibility index (Phi) is 4.78. The van der Waals surface area contributed by atoms with Gasteiger partial charge in [-0.1, -0.05) is 6.92 Å². The molecule has 26 heavy (non-hydrogen) atoms. The summed E-state index contributed by atoms with van der Waals surface area (Å²) in [7, 11) is -1.22. The molecule has 138 valence electrons. The maximum atomic E-state index is 13.0. The van der Waals surface area contributed by atoms with E-state index < -0.39 is 21.6 Å². The van der Waals surface area contributed by atoms with Crippen LogP contribution in [-0.2, 0) is 15.9 Å². The molecule has 6 nitrogen and oxygen atoms in total. The second-order valence-electron chi connectivity index (χ2n) is 5.29. The van der Waals surface area contributed by atoms with E-state index in [-0.39, 0.29) is 23.0 Å². The monoisotopic (exact) mass is 447 g/mol. The van der Waals surface area contributed by atoms with Crippen LogP contribution in [0.5, 0.6) is 0 Å². The zero-order valence-corrected chi connectivity index (χ0v) is 16.0. The first-order valence-corrected chi connectivity index (χ1v) is 9.90. The topological polar surface area (TPSA) is 79.6 Å². The van der Waals surface area contributed by atoms with Crippen molar-refractivity contribution >= 4 is 42.9 Å². The van der Waals surface area contributed by atoms with Crippen LogP contribution in [-0.4, -0.2) is 32.8 Å². The normalized spacial score (nSPS) is 20.8. The lowest BCUT2D eigenvalue weighted by atomic mass is 10.2. The van der Waals surface area contributed by atoms with Crippen LogP contribution in [0.4, 0.5) is 24.5 Å². The van der Waals surface area contributed by atoms with E-state index >= 15 is 0 Å². The number of anilines is 1. The van der Waals surface area contributed by atoms with Crippen molar-refractivity contribution in [3.63, 3.8) is 0 Å². The van der Waals surface area contributed by atoms with Crippen LogP contribution in [0.3, 0.4) is 0 Å². The number of aliphatic imine (C=N–C) groups is 1. The van der Waals surface area contributed by atoms with Crippen molar-refractivity contribution in [1.82, 2.24) is 9.97 Å². The lowest BCUT2D eigenvalue weighted by Gasteiger charge is -2.09. The van der Waals surface area contributed by atoms with Crippen LogP contribution < -0.4 is 5.32 Å². The van der Waals surface area contributed by atoms with E-state index in [2.05, 4.69) is 40.6 Å². The highest BCUT2D eigenvalue weighted by Gasteiger charge is 2.33. The van der Waals surface area contributed by atoms with Crippen molar-refractivity contribution in [2.75, 3.05) is 18.1 Å². The van der Waals surface area contributed by atoms with Gasteiger partial charge < -0.3 is 5.32 Å². The van der Waals surface area contributed by atoms with Crippen LogP contribution in [0.25, 0.3) is 0 Å². The van der Waals surface area contributed by atoms with E-state index in [0.29, 0.717) is 15.1 Å². The molecule has 3 rings (SSSR count). The van der Waals surface area contributed by atoms with Gasteiger partial charge in [-0.25, -0.2) is 14.2 Å². The summed E-state index contributed by atoms with van der Waals surface area (Å²) in [6, 6.07) is 2.46. The molecule has 1 atom stereocenters. The molecule has 1 unspecified atom stereocenters. The van der Waals surface area contributed by atoms with Crippen molar-refractivity contribution in [3.05, 3.63) is 40.4 Å². The fourth-order valence-electron chi connectivity index (χ4n) is 2.36. The minimum Gasteiger partial charge on any atom is -0.385 e. The van der Waals surface area contributed by atoms with Gasteiger partial charge in [0, 0.05) is 23.5 Å². The predicted octanol–water partition coefficient (Wildman–Crippen LogP) is 4.24. The molecule has 1 aliphatic heterocycles. The lowest BCUT2D eigenvalue weighted by molar-refractivity contribution is -0.141. The van der Waals surface area contributed by atoms with Gasteiger partial charge in [-0.2, -0.15) is 17.5 Å². The molecule has 3 heterocycles. The molecule has 0 radical (unpaired) electrons. The summed E-state index contributed by atoms with van der Waals surface area (Å²) in [5.74, 6) is 0.273. The number of alkyl halides is 3. The number of hydrogen-bond donors (Lipinski definition) is 1. The van der Waals surface area contributed by atoms with Crippen molar-refractivity contribution in [2.24, 2.45) is 9.36 Å². The number of fused-ring (bicyclic) bond motifs is 1. The number of pyridine rings is 2. The number of nitrogens with zero attached hydrogens (tertiary/aromatic N) is 4. The second kappa shape index (κ2) is 6.62. The zero-order chi connectivity index (χ0) is 19.1. The molecule has 0 bridgehead atoms. The van der Waals surface area contributed by atoms with Crippen molar-refractivity contribution in [1.29, 1.82) is 0 Å². The Hall–Kier alpha value is -2.01. The molecule has 0 spiro atoms. The summed E-state index contributed by atoms with van der Waals surface area (Å²) in [5, 5.41) is 2.74. The standard InChI is InChI=1S/C15H13BrF3N5OS/c1-3-26(25)11-4-8(16)6-22-13(11)14(24-26)23-9-5-12(15(17,18)19)21-7-10(9)20-2/h4-7,20H,3H2,1-2H3. The van der Waals surface area contributed by atoms with Crippen molar-refractivity contribution in [3.8, 4) is 0 Å². The van der Waals surface area contributed by atoms with Crippen molar-refractivity contribution in [2.45, 2.75) is 18.0 Å². The van der Waals surface area contributed by atoms with Crippen LogP contribution >= 0.6 is 15.9 Å². The first-order chi connectivity index (χ1) is 12.2. The molecule has 0 saturated heterocycles. The summed E-state index contributed by atoms with van der Waals surface area (Å²) in [4.78, 5) is 12.2. The third kappa shape index (κ3) is 3.32. The minimum absolute atomic E-state index is 0.0102. The largest absolute Gasteiger partial charge is 0.433 e. The molecule has 0 aromatic carbocycles. The Bertz CT molecular complexity index is 1030. The quantitative estimate of drug-likeness (QED) is 0.762. The number of nitrogens with one attached hydrogen (secondary N) is 1. The van der Waals surface area contributed by atoms with Gasteiger partial charge in [-0.05, 0) is 28.1 Å². The minimum atomic E-state index is -4.61. The highest BCUT2D eigenvalue weighted by Crippen LogP contribution is 2.35. The molecule has 11 heteroatoms. The molecule has 2 aromatic rings. The Balaban J connectivity index is 2.22. The van der Waals surface area contributed by atoms with Crippen LogP contribution in [0.1, 0.15) is 18.3 Å². The third-order valence-electron chi connectivity index (χ3n) is 3.67. The van der Waals surface area contributed by atoms with Gasteiger partial charge in [0.05, 0.1) is 32.2 Å². The smallest absolute Gasteiger partial charge is 0.385 e. The number of amidine groups is 1. The van der Waals surface area contributed by atoms with Gasteiger partial charge in [0.1, 0.15) is 11.4 Å². The van der Waals surface area contributed by atoms with Gasteiger partial charge in [-0.3, -0.25) is 4.98 Å². The number of hydrogen-bond acceptors (Lipinski definition) is 5. The average Bonchev–Trinajstić information content (AvgIpc) is 2.86. The second-order valence-corrected chi connectivity index (χ2v) is 8.69. The van der Waals surface area contributed by atoms with Gasteiger partial charge in [0.25, 0.3) is 0 Å². The summed E-state index contributed by atoms with van der Waals surface area (Å²) in [5.41, 5.74) is -0.500. The van der Waals surface area contributed by atoms with Gasteiger partial charge in [0.15, 0.2) is 5.84 Å². The van der Waals surface area contributed by atoms with E-state index in [1.54, 1.807) is 13.0 Å². The summed E-state index contributed by atoms with van der Waals surface area (Å²) >= 11 is 3.27. The first-order valence-electron chi connectivity index (χ1n) is 7.42. The Morgan fingerprint density at radius 2 is 2.00 bits per heavy atom. The Morgan fingerprint density at radius 1 is 1.27 bits per heavy atom. The predicted molar refractivity (Wildman–Crippen MR) is 96.3 cm³/mol. The fraction of sp³-hybridized carbons (Fsp3) is 0.267. The molecule has 0 fully saturated rings. The van der Waals surface area contributed by atoms with Crippen LogP contribution in [0, 0.1) is 0 Å². The van der Waals surface area contributed by atoms with Gasteiger partial charge in [-0.15, -0.1) is 0 Å². The fourth-order valence-corrected chi connectivity index (χ4v) is 4.54. The number of halogens is 4. The maximum Gasteiger partial charge on any atom is 0.433 e. The zero-order valence-electron chi connectivity index (χ0n) is 13.6. The number of rotatable bonds is 3. The van der Waals surface area contributed by atoms with E-state index in [1.165, 1.54) is 13.2 Å². The van der Waals surface area contributed by atoms with Gasteiger partial charge in [0.2, 0.25) is 0 Å². The molecule has 0 amide bonds. The first kappa shape index (κ1) is 18.8. The highest BCUT2D eigenvalue weighted by molar-refractivity contribution is 9.10. The molecular weight excluding hydrogens is 435 g/mol. The lowest BCUT2D eigenvalue weighted by Crippen LogP contribution is -2.08. The Labute approximate surface area is 156 Å². The molecule has 0 aliphatic carbocycles. The molecule has 0 saturated carbocycles. The van der Waals surface area contributed by atoms with Crippen LogP contribution in [0.15, 0.2) is 43.2 Å². The van der Waals surface area contributed by atoms with E-state index in [1.807, 2.05) is 0 Å². The van der Waals surface area contributed by atoms with E-state index in [4.69, 9.17) is 0 Å². The van der Waals surface area contributed by atoms with E-state index in [9.17, 15) is 17.4 Å². The Morgan fingerprint density at radius 3 is 2.62 bits per heavy atom. The summed E-state index contributed by atoms with van der Waals surface area (Å²) in [6.07, 6.45) is -2.06. The molecule has 1 N–H and O–H groups in total. The molecular formula is C15H13BrF3N5OS. The summed E-state index contributed by atoms with van der Waals surface area (Å²) < 4.78 is 56.7. The average molecular weight is 448 g/mol. The van der Waals surface area contributed by atoms with Crippen LogP contribution in [0.2, 0.25) is 0 Å². The summed E-state index contributed by atoms with van der Waals surface area (Å²) in [6.45, 7) is 1.71. The molecule has 1 aliphatic rings. The number of aromatic nitrogens is 2. The highest BCUT2D eigenvalue weighted by atomic mass is 79.9. The van der Waals surface area contributed by atoms with E-state index in [0.717, 1.165) is 12.3 Å².